The van der Waals surface area contributed by atoms with Crippen molar-refractivity contribution in [2.45, 2.75) is 0 Å². The summed E-state index contributed by atoms with van der Waals surface area (Å²) in [5, 5.41) is 12.9. The van der Waals surface area contributed by atoms with Crippen LogP contribution in [0.25, 0.3) is 121 Å². The fraction of sp³-hybridized carbons (Fsp3) is 0. The lowest BCUT2D eigenvalue weighted by Gasteiger charge is -2.17. The summed E-state index contributed by atoms with van der Waals surface area (Å²) in [7, 11) is 0. The first-order valence-electron chi connectivity index (χ1n) is 17.3. The van der Waals surface area contributed by atoms with Crippen molar-refractivity contribution in [3.05, 3.63) is 158 Å². The minimum absolute atomic E-state index is 0.850. The summed E-state index contributed by atoms with van der Waals surface area (Å²) < 4.78 is 19.5. The van der Waals surface area contributed by atoms with Crippen molar-refractivity contribution >= 4 is 87.2 Å². The zero-order valence-corrected chi connectivity index (χ0v) is 27.2. The van der Waals surface area contributed by atoms with Gasteiger partial charge in [0, 0.05) is 38.1 Å². The summed E-state index contributed by atoms with van der Waals surface area (Å²) in [6.45, 7) is 0. The van der Waals surface area contributed by atoms with E-state index in [1.165, 1.54) is 43.4 Å². The Balaban J connectivity index is 1.17. The summed E-state index contributed by atoms with van der Waals surface area (Å²) in [5.74, 6) is 0.850. The van der Waals surface area contributed by atoms with E-state index in [9.17, 15) is 0 Å². The maximum atomic E-state index is 6.85. The Labute approximate surface area is 290 Å². The van der Waals surface area contributed by atoms with E-state index in [0.717, 1.165) is 77.3 Å². The first-order chi connectivity index (χ1) is 25.3. The molecule has 12 rings (SSSR count). The van der Waals surface area contributed by atoms with Gasteiger partial charge < -0.3 is 13.3 Å². The van der Waals surface area contributed by atoms with Crippen molar-refractivity contribution in [3.63, 3.8) is 0 Å². The monoisotopic (exact) mass is 650 g/mol. The number of benzene rings is 9. The molecule has 0 aliphatic carbocycles. The van der Waals surface area contributed by atoms with Gasteiger partial charge in [-0.15, -0.1) is 0 Å². The lowest BCUT2D eigenvalue weighted by molar-refractivity contribution is 0.633. The summed E-state index contributed by atoms with van der Waals surface area (Å²) in [4.78, 5) is 0. The van der Waals surface area contributed by atoms with E-state index in [1.54, 1.807) is 0 Å². The van der Waals surface area contributed by atoms with Gasteiger partial charge >= 0.3 is 0 Å². The number of fused-ring (bicyclic) bond motifs is 7. The van der Waals surface area contributed by atoms with Crippen LogP contribution in [0.3, 0.4) is 0 Å². The Hall–Kier alpha value is -6.84. The highest BCUT2D eigenvalue weighted by Crippen LogP contribution is 2.49. The Morgan fingerprint density at radius 2 is 0.725 bits per heavy atom. The van der Waals surface area contributed by atoms with E-state index in [0.29, 0.717) is 0 Å². The van der Waals surface area contributed by atoms with Crippen molar-refractivity contribution < 1.29 is 13.3 Å². The predicted molar refractivity (Wildman–Crippen MR) is 211 cm³/mol. The smallest absolute Gasteiger partial charge is 0.144 e. The minimum atomic E-state index is 0.850. The molecule has 9 aromatic carbocycles. The van der Waals surface area contributed by atoms with Crippen molar-refractivity contribution in [2.24, 2.45) is 0 Å². The van der Waals surface area contributed by atoms with Gasteiger partial charge in [0.2, 0.25) is 0 Å². The Bertz CT molecular complexity index is 3370. The zero-order valence-electron chi connectivity index (χ0n) is 27.2. The molecule has 0 bridgehead atoms. The third-order valence-corrected chi connectivity index (χ3v) is 10.9. The van der Waals surface area contributed by atoms with Crippen LogP contribution < -0.4 is 0 Å². The number of furan rings is 3. The maximum Gasteiger partial charge on any atom is 0.144 e. The van der Waals surface area contributed by atoms with E-state index in [1.807, 2.05) is 36.4 Å². The topological polar surface area (TPSA) is 39.4 Å². The second-order valence-corrected chi connectivity index (χ2v) is 13.5. The van der Waals surface area contributed by atoms with Crippen LogP contribution in [0.1, 0.15) is 0 Å². The standard InChI is InChI=1S/C48H26O3/c1-4-14-38-34(9-1)45-30(12-7-17-41(45)49-38)29-23-19-27-21-25-32-33(26-22-28-20-24-31(29)43(27)44(28)32)47-36-11-3-6-16-40(36)51-48(47)37-13-8-18-42-46(37)35-10-2-5-15-39(35)50-42/h1-26H. The van der Waals surface area contributed by atoms with Gasteiger partial charge in [-0.1, -0.05) is 127 Å². The van der Waals surface area contributed by atoms with Crippen LogP contribution in [-0.2, 0) is 0 Å². The Kier molecular flexibility index (Phi) is 5.23. The zero-order chi connectivity index (χ0) is 33.2. The molecule has 0 aliphatic rings. The highest BCUT2D eigenvalue weighted by molar-refractivity contribution is 6.30. The summed E-state index contributed by atoms with van der Waals surface area (Å²) in [6.07, 6.45) is 0. The number of hydrogen-bond acceptors (Lipinski definition) is 3. The minimum Gasteiger partial charge on any atom is -0.456 e. The highest BCUT2D eigenvalue weighted by Gasteiger charge is 2.24. The quantitative estimate of drug-likeness (QED) is 0.179. The number of rotatable bonds is 3. The summed E-state index contributed by atoms with van der Waals surface area (Å²) in [6, 6.07) is 55.9. The third kappa shape index (κ3) is 3.62. The fourth-order valence-corrected chi connectivity index (χ4v) is 8.72. The van der Waals surface area contributed by atoms with Gasteiger partial charge in [-0.25, -0.2) is 0 Å². The Morgan fingerprint density at radius 1 is 0.255 bits per heavy atom. The molecule has 0 unspecified atom stereocenters. The van der Waals surface area contributed by atoms with Crippen molar-refractivity contribution in [3.8, 4) is 33.6 Å². The molecular formula is C48H26O3. The van der Waals surface area contributed by atoms with Crippen molar-refractivity contribution in [1.29, 1.82) is 0 Å². The molecule has 0 fully saturated rings. The second kappa shape index (κ2) is 9.87. The normalized spacial score (nSPS) is 12.3. The van der Waals surface area contributed by atoms with Gasteiger partial charge in [-0.05, 0) is 79.3 Å². The van der Waals surface area contributed by atoms with Crippen LogP contribution in [0.4, 0.5) is 0 Å². The molecule has 0 N–H and O–H groups in total. The van der Waals surface area contributed by atoms with Gasteiger partial charge in [0.15, 0.2) is 0 Å². The summed E-state index contributed by atoms with van der Waals surface area (Å²) in [5.41, 5.74) is 10.0. The van der Waals surface area contributed by atoms with Gasteiger partial charge in [-0.3, -0.25) is 0 Å². The molecule has 3 nitrogen and oxygen atoms in total. The van der Waals surface area contributed by atoms with Crippen LogP contribution in [0, 0.1) is 0 Å². The lowest BCUT2D eigenvalue weighted by atomic mass is 9.85. The average molecular weight is 651 g/mol. The van der Waals surface area contributed by atoms with Gasteiger partial charge in [0.05, 0.1) is 0 Å². The molecule has 0 spiro atoms. The third-order valence-electron chi connectivity index (χ3n) is 10.9. The molecule has 236 valence electrons. The SMILES string of the molecule is c1ccc2c(-c3ccc4ccc5c(-c6cccc7oc8ccccc8c67)ccc6ccc3c4c65)c(-c3cccc4oc5ccccc5c34)oc2c1. The molecule has 0 aliphatic heterocycles. The van der Waals surface area contributed by atoms with E-state index in [4.69, 9.17) is 13.3 Å². The highest BCUT2D eigenvalue weighted by atomic mass is 16.3. The van der Waals surface area contributed by atoms with E-state index in [-0.39, 0.29) is 0 Å². The van der Waals surface area contributed by atoms with Crippen LogP contribution in [0.15, 0.2) is 171 Å². The molecule has 51 heavy (non-hydrogen) atoms. The van der Waals surface area contributed by atoms with Crippen LogP contribution >= 0.6 is 0 Å². The second-order valence-electron chi connectivity index (χ2n) is 13.5. The van der Waals surface area contributed by atoms with Gasteiger partial charge in [-0.2, -0.15) is 0 Å². The molecule has 0 atom stereocenters. The van der Waals surface area contributed by atoms with E-state index < -0.39 is 0 Å². The van der Waals surface area contributed by atoms with E-state index >= 15 is 0 Å². The van der Waals surface area contributed by atoms with Crippen LogP contribution in [0.2, 0.25) is 0 Å². The predicted octanol–water partition coefficient (Wildman–Crippen LogP) is 14.1. The van der Waals surface area contributed by atoms with Gasteiger partial charge in [0.1, 0.15) is 33.7 Å². The van der Waals surface area contributed by atoms with Gasteiger partial charge in [0.25, 0.3) is 0 Å². The average Bonchev–Trinajstić information content (AvgIpc) is 3.88. The molecular weight excluding hydrogens is 625 g/mol. The molecule has 0 amide bonds. The van der Waals surface area contributed by atoms with Crippen molar-refractivity contribution in [2.75, 3.05) is 0 Å². The fourth-order valence-electron chi connectivity index (χ4n) is 8.72. The Morgan fingerprint density at radius 3 is 1.37 bits per heavy atom. The van der Waals surface area contributed by atoms with E-state index in [2.05, 4.69) is 121 Å². The van der Waals surface area contributed by atoms with Crippen molar-refractivity contribution in [1.82, 2.24) is 0 Å². The molecule has 3 heteroatoms. The van der Waals surface area contributed by atoms with Crippen LogP contribution in [0.5, 0.6) is 0 Å². The first-order valence-corrected chi connectivity index (χ1v) is 17.3. The largest absolute Gasteiger partial charge is 0.456 e. The number of para-hydroxylation sites is 3. The molecule has 0 saturated heterocycles. The molecule has 0 saturated carbocycles. The molecule has 0 radical (unpaired) electrons. The van der Waals surface area contributed by atoms with Crippen LogP contribution in [-0.4, -0.2) is 0 Å². The molecule has 12 aromatic rings. The summed E-state index contributed by atoms with van der Waals surface area (Å²) >= 11 is 0. The maximum absolute atomic E-state index is 6.85. The molecule has 3 aromatic heterocycles. The number of hydrogen-bond donors (Lipinski definition) is 0. The molecule has 3 heterocycles. The first kappa shape index (κ1) is 27.0. The lowest BCUT2D eigenvalue weighted by Crippen LogP contribution is -1.90.